The summed E-state index contributed by atoms with van der Waals surface area (Å²) >= 11 is 0. The summed E-state index contributed by atoms with van der Waals surface area (Å²) in [6.07, 6.45) is 5.07. The van der Waals surface area contributed by atoms with Gasteiger partial charge in [0.05, 0.1) is 5.69 Å². The molecule has 1 spiro atoms. The summed E-state index contributed by atoms with van der Waals surface area (Å²) in [5.74, 6) is -1.26. The van der Waals surface area contributed by atoms with Crippen LogP contribution in [0, 0.1) is 17.0 Å². The Bertz CT molecular complexity index is 1300. The fraction of sp³-hybridized carbons (Fsp3) is 0.333. The van der Waals surface area contributed by atoms with E-state index in [1.807, 2.05) is 6.07 Å². The van der Waals surface area contributed by atoms with Gasteiger partial charge in [-0.25, -0.2) is 18.7 Å². The van der Waals surface area contributed by atoms with Crippen LogP contribution in [0.4, 0.5) is 8.78 Å². The smallest absolute Gasteiger partial charge is 0.141 e. The predicted molar refractivity (Wildman–Crippen MR) is 129 cm³/mol. The van der Waals surface area contributed by atoms with Crippen molar-refractivity contribution in [3.63, 3.8) is 0 Å². The summed E-state index contributed by atoms with van der Waals surface area (Å²) in [5, 5.41) is 4.20. The average molecular weight is 460 g/mol. The third-order valence-corrected chi connectivity index (χ3v) is 7.33. The van der Waals surface area contributed by atoms with Gasteiger partial charge in [-0.3, -0.25) is 0 Å². The van der Waals surface area contributed by atoms with Crippen molar-refractivity contribution in [1.82, 2.24) is 25.2 Å². The van der Waals surface area contributed by atoms with Crippen LogP contribution in [0.3, 0.4) is 0 Å². The number of piperidine rings is 1. The third-order valence-electron chi connectivity index (χ3n) is 7.33. The number of hydrogen-bond acceptors (Lipinski definition) is 4. The quantitative estimate of drug-likeness (QED) is 0.450. The Morgan fingerprint density at radius 1 is 0.882 bits per heavy atom. The van der Waals surface area contributed by atoms with Crippen molar-refractivity contribution < 1.29 is 8.78 Å². The highest BCUT2D eigenvalue weighted by Crippen LogP contribution is 2.38. The molecule has 2 aromatic carbocycles. The highest BCUT2D eigenvalue weighted by molar-refractivity contribution is 5.94. The lowest BCUT2D eigenvalue weighted by Gasteiger charge is -2.52. The van der Waals surface area contributed by atoms with Crippen molar-refractivity contribution in [2.75, 3.05) is 32.7 Å². The highest BCUT2D eigenvalue weighted by Gasteiger charge is 2.42. The molecule has 0 aliphatic carbocycles. The molecule has 34 heavy (non-hydrogen) atoms. The second-order valence-electron chi connectivity index (χ2n) is 9.73. The number of nitrogens with zero attached hydrogens (tertiary/aromatic N) is 3. The van der Waals surface area contributed by atoms with E-state index in [0.717, 1.165) is 48.8 Å². The van der Waals surface area contributed by atoms with Gasteiger partial charge >= 0.3 is 0 Å². The summed E-state index contributed by atoms with van der Waals surface area (Å²) in [5.41, 5.74) is 5.36. The second-order valence-corrected chi connectivity index (χ2v) is 9.73. The van der Waals surface area contributed by atoms with Gasteiger partial charge in [-0.2, -0.15) is 0 Å². The molecule has 0 atom stereocenters. The van der Waals surface area contributed by atoms with E-state index in [-0.39, 0.29) is 0 Å². The van der Waals surface area contributed by atoms with Crippen molar-refractivity contribution in [1.29, 1.82) is 0 Å². The Morgan fingerprint density at radius 2 is 1.62 bits per heavy atom. The zero-order valence-electron chi connectivity index (χ0n) is 19.0. The zero-order valence-corrected chi connectivity index (χ0v) is 19.0. The molecular formula is C27H27F2N5. The SMILES string of the molecule is Fc1cc(F)cc(-c2ncnc3[nH]c(-c4ccc(CCN5CC6(CCNCC6)C5)cc4)cc23)c1. The minimum absolute atomic E-state index is 0.392. The molecule has 5 nitrogen and oxygen atoms in total. The van der Waals surface area contributed by atoms with Gasteiger partial charge in [0, 0.05) is 42.3 Å². The molecule has 0 unspecified atom stereocenters. The normalized spacial score (nSPS) is 17.8. The third kappa shape index (κ3) is 4.10. The maximum atomic E-state index is 13.8. The molecular weight excluding hydrogens is 432 g/mol. The molecule has 4 heterocycles. The van der Waals surface area contributed by atoms with E-state index < -0.39 is 11.6 Å². The first-order valence-corrected chi connectivity index (χ1v) is 11.9. The second kappa shape index (κ2) is 8.56. The van der Waals surface area contributed by atoms with Gasteiger partial charge in [-0.1, -0.05) is 24.3 Å². The number of H-pyrrole nitrogens is 1. The zero-order chi connectivity index (χ0) is 23.1. The van der Waals surface area contributed by atoms with Crippen LogP contribution in [-0.2, 0) is 6.42 Å². The number of hydrogen-bond donors (Lipinski definition) is 2. The van der Waals surface area contributed by atoms with E-state index in [1.54, 1.807) is 0 Å². The summed E-state index contributed by atoms with van der Waals surface area (Å²) in [7, 11) is 0. The van der Waals surface area contributed by atoms with Crippen molar-refractivity contribution in [2.24, 2.45) is 5.41 Å². The van der Waals surface area contributed by atoms with Crippen molar-refractivity contribution in [3.8, 4) is 22.5 Å². The average Bonchev–Trinajstić information content (AvgIpc) is 3.26. The van der Waals surface area contributed by atoms with Crippen LogP contribution in [0.1, 0.15) is 18.4 Å². The van der Waals surface area contributed by atoms with Crippen LogP contribution < -0.4 is 5.32 Å². The Morgan fingerprint density at radius 3 is 2.35 bits per heavy atom. The maximum Gasteiger partial charge on any atom is 0.141 e. The van der Waals surface area contributed by atoms with Crippen molar-refractivity contribution in [3.05, 3.63) is 72.1 Å². The largest absolute Gasteiger partial charge is 0.339 e. The molecule has 0 radical (unpaired) electrons. The minimum atomic E-state index is -0.628. The lowest BCUT2D eigenvalue weighted by molar-refractivity contribution is -0.0216. The van der Waals surface area contributed by atoms with Gasteiger partial charge < -0.3 is 15.2 Å². The standard InChI is InChI=1S/C27H27F2N5/c28-21-11-20(12-22(29)13-21)25-23-14-24(33-26(23)32-17-31-25)19-3-1-18(2-4-19)5-10-34-15-27(16-34)6-8-30-9-7-27/h1-4,11-14,17,30H,5-10,15-16H2,(H,31,32,33). The van der Waals surface area contributed by atoms with Crippen LogP contribution in [0.25, 0.3) is 33.5 Å². The van der Waals surface area contributed by atoms with Gasteiger partial charge in [-0.05, 0) is 67.1 Å². The molecule has 6 rings (SSSR count). The lowest BCUT2D eigenvalue weighted by Crippen LogP contribution is -2.60. The molecule has 2 aliphatic rings. The van der Waals surface area contributed by atoms with Crippen LogP contribution in [-0.4, -0.2) is 52.6 Å². The number of aromatic nitrogens is 3. The monoisotopic (exact) mass is 459 g/mol. The van der Waals surface area contributed by atoms with Gasteiger partial charge in [0.15, 0.2) is 0 Å². The predicted octanol–water partition coefficient (Wildman–Crippen LogP) is 4.80. The Labute approximate surface area is 197 Å². The lowest BCUT2D eigenvalue weighted by atomic mass is 9.72. The first-order valence-electron chi connectivity index (χ1n) is 11.9. The highest BCUT2D eigenvalue weighted by atomic mass is 19.1. The molecule has 7 heteroatoms. The number of rotatable bonds is 5. The van der Waals surface area contributed by atoms with E-state index in [1.165, 1.54) is 50.0 Å². The van der Waals surface area contributed by atoms with Gasteiger partial charge in [-0.15, -0.1) is 0 Å². The first-order chi connectivity index (χ1) is 16.6. The molecule has 0 bridgehead atoms. The maximum absolute atomic E-state index is 13.8. The minimum Gasteiger partial charge on any atom is -0.339 e. The summed E-state index contributed by atoms with van der Waals surface area (Å²) in [6, 6.07) is 14.0. The Hall–Kier alpha value is -3.16. The topological polar surface area (TPSA) is 56.8 Å². The molecule has 2 saturated heterocycles. The molecule has 0 amide bonds. The molecule has 0 saturated carbocycles. The summed E-state index contributed by atoms with van der Waals surface area (Å²) in [6.45, 7) is 5.90. The van der Waals surface area contributed by atoms with Gasteiger partial charge in [0.25, 0.3) is 0 Å². The van der Waals surface area contributed by atoms with Crippen LogP contribution in [0.2, 0.25) is 0 Å². The van der Waals surface area contributed by atoms with Crippen LogP contribution in [0.15, 0.2) is 54.9 Å². The van der Waals surface area contributed by atoms with Gasteiger partial charge in [0.1, 0.15) is 23.6 Å². The van der Waals surface area contributed by atoms with E-state index in [2.05, 4.69) is 49.4 Å². The van der Waals surface area contributed by atoms with Crippen molar-refractivity contribution in [2.45, 2.75) is 19.3 Å². The van der Waals surface area contributed by atoms with E-state index in [9.17, 15) is 8.78 Å². The Kier molecular flexibility index (Phi) is 5.38. The first kappa shape index (κ1) is 21.4. The number of fused-ring (bicyclic) bond motifs is 1. The molecule has 2 aliphatic heterocycles. The fourth-order valence-electron chi connectivity index (χ4n) is 5.49. The van der Waals surface area contributed by atoms with Crippen molar-refractivity contribution >= 4 is 11.0 Å². The molecule has 2 fully saturated rings. The fourth-order valence-corrected chi connectivity index (χ4v) is 5.49. The molecule has 4 aromatic rings. The number of benzene rings is 2. The van der Waals surface area contributed by atoms with Crippen LogP contribution >= 0.6 is 0 Å². The molecule has 174 valence electrons. The van der Waals surface area contributed by atoms with E-state index >= 15 is 0 Å². The summed E-state index contributed by atoms with van der Waals surface area (Å²) < 4.78 is 27.5. The number of likely N-dealkylation sites (tertiary alicyclic amines) is 1. The molecule has 2 aromatic heterocycles. The van der Waals surface area contributed by atoms with E-state index in [0.29, 0.717) is 22.3 Å². The van der Waals surface area contributed by atoms with Gasteiger partial charge in [0.2, 0.25) is 0 Å². The Balaban J connectivity index is 1.16. The number of aromatic amines is 1. The van der Waals surface area contributed by atoms with Crippen LogP contribution in [0.5, 0.6) is 0 Å². The number of halogens is 2. The molecule has 2 N–H and O–H groups in total. The summed E-state index contributed by atoms with van der Waals surface area (Å²) in [4.78, 5) is 14.5. The van der Waals surface area contributed by atoms with E-state index in [4.69, 9.17) is 0 Å². The number of nitrogens with one attached hydrogen (secondary N) is 2.